The smallest absolute Gasteiger partial charge is 0.255 e. The number of amides is 1. The number of aromatic nitrogens is 1. The molecular weight excluding hydrogens is 382 g/mol. The van der Waals surface area contributed by atoms with E-state index in [-0.39, 0.29) is 17.5 Å². The average Bonchev–Trinajstić information content (AvgIpc) is 2.69. The molecule has 3 fully saturated rings. The lowest BCUT2D eigenvalue weighted by Gasteiger charge is -2.44. The standard InChI is InChI=1S/C20H22ClN3O2S/c1-27-18-10-15(21)3-4-17(18)24-11-14(2-5-19(24)25)20(26)22-16-12-23-8-6-13(16)7-9-23/h2-5,10-11,13,16H,6-9,12H2,1H3,(H,22,26)/t16-/m1/s1. The van der Waals surface area contributed by atoms with E-state index >= 15 is 0 Å². The Morgan fingerprint density at radius 1 is 1.22 bits per heavy atom. The van der Waals surface area contributed by atoms with Crippen molar-refractivity contribution in [1.29, 1.82) is 0 Å². The maximum atomic E-state index is 12.8. The Morgan fingerprint density at radius 2 is 2.00 bits per heavy atom. The minimum absolute atomic E-state index is 0.123. The minimum Gasteiger partial charge on any atom is -0.348 e. The van der Waals surface area contributed by atoms with Crippen LogP contribution in [-0.2, 0) is 0 Å². The summed E-state index contributed by atoms with van der Waals surface area (Å²) >= 11 is 7.59. The second kappa shape index (κ2) is 7.70. The summed E-state index contributed by atoms with van der Waals surface area (Å²) in [7, 11) is 0. The summed E-state index contributed by atoms with van der Waals surface area (Å²) in [5, 5.41) is 3.80. The third kappa shape index (κ3) is 3.79. The minimum atomic E-state index is -0.174. The van der Waals surface area contributed by atoms with E-state index in [1.807, 2.05) is 18.4 Å². The number of carbonyl (C=O) groups excluding carboxylic acids is 1. The van der Waals surface area contributed by atoms with Crippen LogP contribution in [0.3, 0.4) is 0 Å². The Labute approximate surface area is 167 Å². The highest BCUT2D eigenvalue weighted by molar-refractivity contribution is 7.98. The quantitative estimate of drug-likeness (QED) is 0.797. The number of halogens is 1. The maximum Gasteiger partial charge on any atom is 0.255 e. The first-order valence-electron chi connectivity index (χ1n) is 9.15. The summed E-state index contributed by atoms with van der Waals surface area (Å²) in [6.07, 6.45) is 5.85. The van der Waals surface area contributed by atoms with Gasteiger partial charge in [-0.25, -0.2) is 0 Å². The van der Waals surface area contributed by atoms with E-state index in [0.29, 0.717) is 16.5 Å². The highest BCUT2D eigenvalue weighted by Gasteiger charge is 2.35. The van der Waals surface area contributed by atoms with E-state index in [4.69, 9.17) is 11.6 Å². The molecule has 2 bridgehead atoms. The summed E-state index contributed by atoms with van der Waals surface area (Å²) in [6, 6.07) is 8.63. The van der Waals surface area contributed by atoms with E-state index in [2.05, 4.69) is 10.2 Å². The van der Waals surface area contributed by atoms with E-state index in [0.717, 1.165) is 43.1 Å². The van der Waals surface area contributed by atoms with Gasteiger partial charge in [-0.15, -0.1) is 11.8 Å². The molecule has 1 aromatic carbocycles. The number of benzene rings is 1. The van der Waals surface area contributed by atoms with E-state index in [9.17, 15) is 9.59 Å². The number of pyridine rings is 1. The summed E-state index contributed by atoms with van der Waals surface area (Å²) in [6.45, 7) is 3.19. The van der Waals surface area contributed by atoms with Crippen LogP contribution in [0, 0.1) is 5.92 Å². The Hall–Kier alpha value is -1.76. The molecule has 27 heavy (non-hydrogen) atoms. The number of nitrogens with zero attached hydrogens (tertiary/aromatic N) is 2. The first-order chi connectivity index (χ1) is 13.0. The van der Waals surface area contributed by atoms with Gasteiger partial charge >= 0.3 is 0 Å². The second-order valence-corrected chi connectivity index (χ2v) is 8.44. The molecule has 1 amide bonds. The van der Waals surface area contributed by atoms with Crippen LogP contribution in [0.2, 0.25) is 5.02 Å². The molecule has 3 aliphatic rings. The van der Waals surface area contributed by atoms with Crippen LogP contribution in [0.5, 0.6) is 0 Å². The third-order valence-electron chi connectivity index (χ3n) is 5.55. The third-order valence-corrected chi connectivity index (χ3v) is 6.55. The van der Waals surface area contributed by atoms with Crippen molar-refractivity contribution in [2.75, 3.05) is 25.9 Å². The first kappa shape index (κ1) is 18.6. The highest BCUT2D eigenvalue weighted by atomic mass is 35.5. The summed E-state index contributed by atoms with van der Waals surface area (Å²) in [5.74, 6) is 0.436. The Bertz CT molecular complexity index is 922. The molecular formula is C20H22ClN3O2S. The zero-order valence-electron chi connectivity index (χ0n) is 15.2. The first-order valence-corrected chi connectivity index (χ1v) is 10.8. The Morgan fingerprint density at radius 3 is 2.67 bits per heavy atom. The van der Waals surface area contributed by atoms with Crippen molar-refractivity contribution in [3.05, 3.63) is 57.5 Å². The lowest BCUT2D eigenvalue weighted by molar-refractivity contribution is 0.0620. The van der Waals surface area contributed by atoms with Gasteiger partial charge in [0.2, 0.25) is 0 Å². The number of nitrogens with one attached hydrogen (secondary N) is 1. The van der Waals surface area contributed by atoms with Crippen LogP contribution >= 0.6 is 23.4 Å². The molecule has 1 atom stereocenters. The van der Waals surface area contributed by atoms with Crippen LogP contribution in [0.15, 0.2) is 46.2 Å². The molecule has 3 aliphatic heterocycles. The predicted octanol–water partition coefficient (Wildman–Crippen LogP) is 3.04. The molecule has 0 radical (unpaired) electrons. The van der Waals surface area contributed by atoms with Gasteiger partial charge in [0, 0.05) is 34.8 Å². The molecule has 0 aliphatic carbocycles. The fourth-order valence-corrected chi connectivity index (χ4v) is 4.90. The molecule has 1 N–H and O–H groups in total. The fraction of sp³-hybridized carbons (Fsp3) is 0.400. The van der Waals surface area contributed by atoms with Gasteiger partial charge in [0.25, 0.3) is 11.5 Å². The normalized spacial score (nSPS) is 24.0. The van der Waals surface area contributed by atoms with Crippen LogP contribution in [0.1, 0.15) is 23.2 Å². The number of fused-ring (bicyclic) bond motifs is 3. The van der Waals surface area contributed by atoms with E-state index < -0.39 is 0 Å². The van der Waals surface area contributed by atoms with Crippen LogP contribution in [-0.4, -0.2) is 47.3 Å². The SMILES string of the molecule is CSc1cc(Cl)ccc1-n1cc(C(=O)N[C@@H]2CN3CCC2CC3)ccc1=O. The van der Waals surface area contributed by atoms with Crippen LogP contribution < -0.4 is 10.9 Å². The lowest BCUT2D eigenvalue weighted by atomic mass is 9.84. The van der Waals surface area contributed by atoms with Crippen molar-refractivity contribution >= 4 is 29.3 Å². The molecule has 5 rings (SSSR count). The van der Waals surface area contributed by atoms with Gasteiger partial charge in [-0.05, 0) is 62.4 Å². The molecule has 2 aromatic rings. The van der Waals surface area contributed by atoms with Crippen molar-refractivity contribution in [2.24, 2.45) is 5.92 Å². The van der Waals surface area contributed by atoms with Gasteiger partial charge in [-0.3, -0.25) is 14.2 Å². The summed E-state index contributed by atoms with van der Waals surface area (Å²) in [4.78, 5) is 28.5. The monoisotopic (exact) mass is 403 g/mol. The molecule has 7 heteroatoms. The number of hydrogen-bond donors (Lipinski definition) is 1. The van der Waals surface area contributed by atoms with Crippen LogP contribution in [0.25, 0.3) is 5.69 Å². The Balaban J connectivity index is 1.61. The molecule has 3 saturated heterocycles. The zero-order chi connectivity index (χ0) is 19.0. The lowest BCUT2D eigenvalue weighted by Crippen LogP contribution is -2.57. The number of rotatable bonds is 4. The zero-order valence-corrected chi connectivity index (χ0v) is 16.7. The molecule has 0 unspecified atom stereocenters. The molecule has 0 saturated carbocycles. The van der Waals surface area contributed by atoms with Gasteiger partial charge in [0.1, 0.15) is 0 Å². The van der Waals surface area contributed by atoms with Crippen molar-refractivity contribution < 1.29 is 4.79 Å². The van der Waals surface area contributed by atoms with Gasteiger partial charge < -0.3 is 10.2 Å². The molecule has 4 heterocycles. The van der Waals surface area contributed by atoms with Gasteiger partial charge in [-0.1, -0.05) is 11.6 Å². The van der Waals surface area contributed by atoms with Gasteiger partial charge in [0.05, 0.1) is 11.3 Å². The van der Waals surface area contributed by atoms with Crippen molar-refractivity contribution in [1.82, 2.24) is 14.8 Å². The number of carbonyl (C=O) groups is 1. The van der Waals surface area contributed by atoms with Crippen molar-refractivity contribution in [2.45, 2.75) is 23.8 Å². The predicted molar refractivity (Wildman–Crippen MR) is 109 cm³/mol. The van der Waals surface area contributed by atoms with Gasteiger partial charge in [-0.2, -0.15) is 0 Å². The van der Waals surface area contributed by atoms with Crippen LogP contribution in [0.4, 0.5) is 0 Å². The topological polar surface area (TPSA) is 54.3 Å². The molecule has 142 valence electrons. The van der Waals surface area contributed by atoms with Gasteiger partial charge in [0.15, 0.2) is 0 Å². The number of piperidine rings is 3. The van der Waals surface area contributed by atoms with Crippen molar-refractivity contribution in [3.63, 3.8) is 0 Å². The Kier molecular flexibility index (Phi) is 5.30. The summed E-state index contributed by atoms with van der Waals surface area (Å²) in [5.41, 5.74) is 1.05. The molecule has 1 aromatic heterocycles. The highest BCUT2D eigenvalue weighted by Crippen LogP contribution is 2.28. The van der Waals surface area contributed by atoms with Crippen molar-refractivity contribution in [3.8, 4) is 5.69 Å². The van der Waals surface area contributed by atoms with E-state index in [1.54, 1.807) is 18.3 Å². The summed E-state index contributed by atoms with van der Waals surface area (Å²) < 4.78 is 1.52. The molecule has 0 spiro atoms. The van der Waals surface area contributed by atoms with E-state index in [1.165, 1.54) is 22.4 Å². The number of thioether (sulfide) groups is 1. The fourth-order valence-electron chi connectivity index (χ4n) is 4.04. The number of hydrogen-bond acceptors (Lipinski definition) is 4. The average molecular weight is 404 g/mol. The largest absolute Gasteiger partial charge is 0.348 e. The molecule has 5 nitrogen and oxygen atoms in total. The second-order valence-electron chi connectivity index (χ2n) is 7.16. The maximum absolute atomic E-state index is 12.8.